The number of methoxy groups -OCH3 is 1. The zero-order valence-corrected chi connectivity index (χ0v) is 10.2. The molecule has 3 N–H and O–H groups in total. The first-order valence-corrected chi connectivity index (χ1v) is 6.24. The van der Waals surface area contributed by atoms with Crippen molar-refractivity contribution in [2.24, 2.45) is 0 Å². The number of carbonyl (C=O) groups is 1. The molecule has 9 heteroatoms. The molecule has 0 aromatic carbocycles. The van der Waals surface area contributed by atoms with Crippen LogP contribution in [0.25, 0.3) is 0 Å². The van der Waals surface area contributed by atoms with Gasteiger partial charge in [-0.15, -0.1) is 0 Å². The number of carboxylic acids is 1. The van der Waals surface area contributed by atoms with Crippen LogP contribution in [0, 0.1) is 0 Å². The molecule has 1 unspecified atom stereocenters. The molecule has 0 bridgehead atoms. The van der Waals surface area contributed by atoms with E-state index in [1.165, 1.54) is 19.4 Å². The standard InChI is InChI=1S/C9H12N2O6S/c1-17-6-2-7(4-10-3-6)18(15,16)11-8(5-12)9(13)14/h2-4,8,11-12H,5H2,1H3,(H,13,14). The number of aliphatic hydroxyl groups is 1. The summed E-state index contributed by atoms with van der Waals surface area (Å²) < 4.78 is 30.2. The molecule has 0 radical (unpaired) electrons. The minimum Gasteiger partial charge on any atom is -0.495 e. The fourth-order valence-electron chi connectivity index (χ4n) is 1.08. The summed E-state index contributed by atoms with van der Waals surface area (Å²) in [5.74, 6) is -1.26. The van der Waals surface area contributed by atoms with Gasteiger partial charge in [0, 0.05) is 12.3 Å². The minimum absolute atomic E-state index is 0.216. The summed E-state index contributed by atoms with van der Waals surface area (Å²) >= 11 is 0. The van der Waals surface area contributed by atoms with Gasteiger partial charge in [0.15, 0.2) is 0 Å². The average molecular weight is 276 g/mol. The number of hydrogen-bond acceptors (Lipinski definition) is 6. The molecule has 0 amide bonds. The zero-order chi connectivity index (χ0) is 13.8. The van der Waals surface area contributed by atoms with Crippen molar-refractivity contribution >= 4 is 16.0 Å². The van der Waals surface area contributed by atoms with E-state index >= 15 is 0 Å². The summed E-state index contributed by atoms with van der Waals surface area (Å²) in [7, 11) is -2.74. The molecule has 1 rings (SSSR count). The Kier molecular flexibility index (Phi) is 4.59. The van der Waals surface area contributed by atoms with Crippen molar-refractivity contribution in [2.75, 3.05) is 13.7 Å². The lowest BCUT2D eigenvalue weighted by Gasteiger charge is -2.12. The van der Waals surface area contributed by atoms with Crippen molar-refractivity contribution in [1.82, 2.24) is 9.71 Å². The van der Waals surface area contributed by atoms with Crippen LogP contribution >= 0.6 is 0 Å². The molecule has 1 atom stereocenters. The van der Waals surface area contributed by atoms with Crippen molar-refractivity contribution in [3.63, 3.8) is 0 Å². The molecule has 0 aliphatic heterocycles. The smallest absolute Gasteiger partial charge is 0.324 e. The van der Waals surface area contributed by atoms with Crippen LogP contribution in [0.2, 0.25) is 0 Å². The summed E-state index contributed by atoms with van der Waals surface area (Å²) in [5, 5.41) is 17.4. The first kappa shape index (κ1) is 14.4. The van der Waals surface area contributed by atoms with Gasteiger partial charge in [-0.05, 0) is 0 Å². The molecule has 100 valence electrons. The Balaban J connectivity index is 3.02. The number of nitrogens with zero attached hydrogens (tertiary/aromatic N) is 1. The normalized spacial score (nSPS) is 13.0. The Morgan fingerprint density at radius 1 is 1.56 bits per heavy atom. The van der Waals surface area contributed by atoms with Gasteiger partial charge >= 0.3 is 5.97 Å². The number of ether oxygens (including phenoxy) is 1. The van der Waals surface area contributed by atoms with Crippen LogP contribution < -0.4 is 9.46 Å². The third-order valence-corrected chi connectivity index (χ3v) is 3.45. The first-order valence-electron chi connectivity index (χ1n) is 4.75. The van der Waals surface area contributed by atoms with Gasteiger partial charge in [0.05, 0.1) is 19.9 Å². The number of pyridine rings is 1. The Morgan fingerprint density at radius 3 is 2.72 bits per heavy atom. The predicted octanol–water partition coefficient (Wildman–Crippen LogP) is -1.19. The first-order chi connectivity index (χ1) is 8.40. The van der Waals surface area contributed by atoms with Gasteiger partial charge in [-0.1, -0.05) is 0 Å². The quantitative estimate of drug-likeness (QED) is 0.596. The molecular weight excluding hydrogens is 264 g/mol. The number of rotatable bonds is 6. The fraction of sp³-hybridized carbons (Fsp3) is 0.333. The maximum atomic E-state index is 11.8. The van der Waals surface area contributed by atoms with Crippen LogP contribution in [0.1, 0.15) is 0 Å². The van der Waals surface area contributed by atoms with Gasteiger partial charge in [0.2, 0.25) is 10.0 Å². The molecule has 0 aliphatic rings. The Hall–Kier alpha value is -1.71. The van der Waals surface area contributed by atoms with Crippen LogP contribution in [0.15, 0.2) is 23.4 Å². The molecule has 0 saturated carbocycles. The van der Waals surface area contributed by atoms with E-state index in [0.29, 0.717) is 0 Å². The van der Waals surface area contributed by atoms with E-state index in [-0.39, 0.29) is 10.6 Å². The van der Waals surface area contributed by atoms with E-state index in [9.17, 15) is 13.2 Å². The largest absolute Gasteiger partial charge is 0.495 e. The van der Waals surface area contributed by atoms with Gasteiger partial charge in [0.25, 0.3) is 0 Å². The molecule has 1 heterocycles. The Morgan fingerprint density at radius 2 is 2.22 bits per heavy atom. The number of sulfonamides is 1. The summed E-state index contributed by atoms with van der Waals surface area (Å²) in [6.07, 6.45) is 2.35. The van der Waals surface area contributed by atoms with Crippen LogP contribution in [0.4, 0.5) is 0 Å². The SMILES string of the molecule is COc1cncc(S(=O)(=O)NC(CO)C(=O)O)c1. The number of carboxylic acid groups (broad SMARTS) is 1. The van der Waals surface area contributed by atoms with E-state index < -0.39 is 28.6 Å². The predicted molar refractivity (Wildman–Crippen MR) is 59.6 cm³/mol. The number of aromatic nitrogens is 1. The summed E-state index contributed by atoms with van der Waals surface area (Å²) in [4.78, 5) is 14.0. The zero-order valence-electron chi connectivity index (χ0n) is 9.40. The molecule has 0 aliphatic carbocycles. The molecule has 0 fully saturated rings. The molecule has 1 aromatic heterocycles. The monoisotopic (exact) mass is 276 g/mol. The van der Waals surface area contributed by atoms with Crippen molar-refractivity contribution in [3.05, 3.63) is 18.5 Å². The van der Waals surface area contributed by atoms with Crippen LogP contribution in [0.5, 0.6) is 5.75 Å². The lowest BCUT2D eigenvalue weighted by molar-refractivity contribution is -0.139. The Bertz CT molecular complexity index is 530. The second-order valence-corrected chi connectivity index (χ2v) is 4.97. The lowest BCUT2D eigenvalue weighted by Crippen LogP contribution is -2.43. The van der Waals surface area contributed by atoms with Gasteiger partial charge in [0.1, 0.15) is 16.7 Å². The number of aliphatic carboxylic acids is 1. The maximum Gasteiger partial charge on any atom is 0.324 e. The minimum atomic E-state index is -4.08. The van der Waals surface area contributed by atoms with Crippen molar-refractivity contribution < 1.29 is 28.2 Å². The van der Waals surface area contributed by atoms with Crippen molar-refractivity contribution in [3.8, 4) is 5.75 Å². The molecule has 18 heavy (non-hydrogen) atoms. The third-order valence-electron chi connectivity index (χ3n) is 2.01. The Labute approximate surface area is 103 Å². The highest BCUT2D eigenvalue weighted by Crippen LogP contribution is 2.15. The summed E-state index contributed by atoms with van der Waals surface area (Å²) in [6, 6.07) is -0.424. The number of nitrogens with one attached hydrogen (secondary N) is 1. The fourth-order valence-corrected chi connectivity index (χ4v) is 2.24. The number of hydrogen-bond donors (Lipinski definition) is 3. The molecule has 8 nitrogen and oxygen atoms in total. The van der Waals surface area contributed by atoms with Gasteiger partial charge < -0.3 is 14.9 Å². The molecule has 1 aromatic rings. The van der Waals surface area contributed by atoms with Crippen LogP contribution in [-0.2, 0) is 14.8 Å². The van der Waals surface area contributed by atoms with E-state index in [1.807, 2.05) is 4.72 Å². The van der Waals surface area contributed by atoms with Crippen molar-refractivity contribution in [1.29, 1.82) is 0 Å². The van der Waals surface area contributed by atoms with Gasteiger partial charge in [-0.25, -0.2) is 8.42 Å². The average Bonchev–Trinajstić information content (AvgIpc) is 2.35. The van der Waals surface area contributed by atoms with E-state index in [4.69, 9.17) is 14.9 Å². The molecular formula is C9H12N2O6S. The van der Waals surface area contributed by atoms with E-state index in [0.717, 1.165) is 6.20 Å². The van der Waals surface area contributed by atoms with Crippen molar-refractivity contribution in [2.45, 2.75) is 10.9 Å². The second kappa shape index (κ2) is 5.76. The summed E-state index contributed by atoms with van der Waals surface area (Å²) in [6.45, 7) is -0.855. The summed E-state index contributed by atoms with van der Waals surface area (Å²) in [5.41, 5.74) is 0. The number of aliphatic hydroxyl groups excluding tert-OH is 1. The molecule has 0 spiro atoms. The highest BCUT2D eigenvalue weighted by Gasteiger charge is 2.25. The molecule has 0 saturated heterocycles. The second-order valence-electron chi connectivity index (χ2n) is 3.26. The third kappa shape index (κ3) is 3.39. The maximum absolute atomic E-state index is 11.8. The lowest BCUT2D eigenvalue weighted by atomic mass is 10.3. The van der Waals surface area contributed by atoms with E-state index in [1.54, 1.807) is 0 Å². The van der Waals surface area contributed by atoms with Crippen LogP contribution in [0.3, 0.4) is 0 Å². The topological polar surface area (TPSA) is 126 Å². The highest BCUT2D eigenvalue weighted by atomic mass is 32.2. The van der Waals surface area contributed by atoms with Gasteiger partial charge in [-0.3, -0.25) is 9.78 Å². The van der Waals surface area contributed by atoms with Crippen LogP contribution in [-0.4, -0.2) is 49.3 Å². The van der Waals surface area contributed by atoms with Gasteiger partial charge in [-0.2, -0.15) is 4.72 Å². The van der Waals surface area contributed by atoms with E-state index in [2.05, 4.69) is 4.98 Å². The highest BCUT2D eigenvalue weighted by molar-refractivity contribution is 7.89.